The van der Waals surface area contributed by atoms with Gasteiger partial charge in [-0.1, -0.05) is 23.7 Å². The van der Waals surface area contributed by atoms with E-state index < -0.39 is 0 Å². The average Bonchev–Trinajstić information content (AvgIpc) is 2.99. The van der Waals surface area contributed by atoms with Crippen LogP contribution in [0.2, 0.25) is 5.02 Å². The fourth-order valence-electron chi connectivity index (χ4n) is 1.79. The maximum Gasteiger partial charge on any atom is 0.315 e. The Hall–Kier alpha value is -1.63. The van der Waals surface area contributed by atoms with Crippen molar-refractivity contribution < 1.29 is 9.53 Å². The van der Waals surface area contributed by atoms with Gasteiger partial charge in [0, 0.05) is 23.7 Å². The molecular weight excluding hydrogens is 310 g/mol. The van der Waals surface area contributed by atoms with Gasteiger partial charge in [0.05, 0.1) is 19.2 Å². The maximum atomic E-state index is 11.9. The normalized spacial score (nSPS) is 11.9. The van der Waals surface area contributed by atoms with Crippen molar-refractivity contribution in [3.63, 3.8) is 0 Å². The lowest BCUT2D eigenvalue weighted by atomic mass is 10.1. The first-order valence-electron chi connectivity index (χ1n) is 6.36. The van der Waals surface area contributed by atoms with Crippen LogP contribution in [0, 0.1) is 0 Å². The third-order valence-corrected chi connectivity index (χ3v) is 3.83. The predicted molar refractivity (Wildman–Crippen MR) is 83.6 cm³/mol. The van der Waals surface area contributed by atoms with Crippen molar-refractivity contribution in [3.8, 4) is 0 Å². The maximum absolute atomic E-state index is 11.9. The number of amides is 2. The summed E-state index contributed by atoms with van der Waals surface area (Å²) >= 11 is 7.37. The molecule has 2 rings (SSSR count). The Morgan fingerprint density at radius 1 is 1.43 bits per heavy atom. The van der Waals surface area contributed by atoms with E-state index in [4.69, 9.17) is 16.3 Å². The molecule has 1 atom stereocenters. The molecule has 1 heterocycles. The van der Waals surface area contributed by atoms with E-state index >= 15 is 0 Å². The van der Waals surface area contributed by atoms with Crippen molar-refractivity contribution in [1.82, 2.24) is 15.6 Å². The summed E-state index contributed by atoms with van der Waals surface area (Å²) in [7, 11) is 1.60. The van der Waals surface area contributed by atoms with Crippen LogP contribution < -0.4 is 10.6 Å². The molecule has 1 aromatic heterocycles. The SMILES string of the molecule is COCC(NC(=O)NCc1nccs1)c1ccc(Cl)cc1. The number of carbonyl (C=O) groups is 1. The van der Waals surface area contributed by atoms with E-state index in [1.54, 1.807) is 25.4 Å². The van der Waals surface area contributed by atoms with E-state index in [1.165, 1.54) is 11.3 Å². The quantitative estimate of drug-likeness (QED) is 0.858. The Balaban J connectivity index is 1.92. The predicted octanol–water partition coefficient (Wildman–Crippen LogP) is 2.98. The van der Waals surface area contributed by atoms with Gasteiger partial charge in [0.15, 0.2) is 0 Å². The van der Waals surface area contributed by atoms with Crippen molar-refractivity contribution in [2.24, 2.45) is 0 Å². The summed E-state index contributed by atoms with van der Waals surface area (Å²) in [6.45, 7) is 0.788. The van der Waals surface area contributed by atoms with Crippen molar-refractivity contribution in [2.75, 3.05) is 13.7 Å². The summed E-state index contributed by atoms with van der Waals surface area (Å²) < 4.78 is 5.15. The second-order valence-corrected chi connectivity index (χ2v) is 5.73. The molecule has 5 nitrogen and oxygen atoms in total. The van der Waals surface area contributed by atoms with Crippen molar-refractivity contribution in [3.05, 3.63) is 51.4 Å². The highest BCUT2D eigenvalue weighted by molar-refractivity contribution is 7.09. The first-order valence-corrected chi connectivity index (χ1v) is 7.62. The van der Waals surface area contributed by atoms with Gasteiger partial charge < -0.3 is 15.4 Å². The van der Waals surface area contributed by atoms with E-state index in [-0.39, 0.29) is 12.1 Å². The minimum absolute atomic E-state index is 0.233. The van der Waals surface area contributed by atoms with E-state index in [0.29, 0.717) is 18.2 Å². The number of halogens is 1. The van der Waals surface area contributed by atoms with Gasteiger partial charge in [-0.25, -0.2) is 9.78 Å². The lowest BCUT2D eigenvalue weighted by molar-refractivity contribution is 0.166. The van der Waals surface area contributed by atoms with Gasteiger partial charge in [-0.15, -0.1) is 11.3 Å². The summed E-state index contributed by atoms with van der Waals surface area (Å²) in [5.74, 6) is 0. The Labute approximate surface area is 132 Å². The highest BCUT2D eigenvalue weighted by Gasteiger charge is 2.14. The Kier molecular flexibility index (Phi) is 5.98. The smallest absolute Gasteiger partial charge is 0.315 e. The number of urea groups is 1. The molecule has 0 spiro atoms. The van der Waals surface area contributed by atoms with Crippen LogP contribution in [0.5, 0.6) is 0 Å². The molecule has 1 unspecified atom stereocenters. The van der Waals surface area contributed by atoms with Crippen molar-refractivity contribution in [1.29, 1.82) is 0 Å². The number of methoxy groups -OCH3 is 1. The van der Waals surface area contributed by atoms with E-state index in [1.807, 2.05) is 17.5 Å². The number of nitrogens with one attached hydrogen (secondary N) is 2. The lowest BCUT2D eigenvalue weighted by Crippen LogP contribution is -2.39. The molecule has 2 aromatic rings. The van der Waals surface area contributed by atoms with Gasteiger partial charge in [-0.05, 0) is 17.7 Å². The Morgan fingerprint density at radius 2 is 2.19 bits per heavy atom. The number of nitrogens with zero attached hydrogens (tertiary/aromatic N) is 1. The minimum Gasteiger partial charge on any atom is -0.382 e. The number of hydrogen-bond donors (Lipinski definition) is 2. The molecule has 0 bridgehead atoms. The summed E-state index contributed by atoms with van der Waals surface area (Å²) in [4.78, 5) is 16.0. The van der Waals surface area contributed by atoms with Gasteiger partial charge in [-0.2, -0.15) is 0 Å². The summed E-state index contributed by atoms with van der Waals surface area (Å²) in [6, 6.07) is 6.81. The topological polar surface area (TPSA) is 63.2 Å². The molecule has 7 heteroatoms. The third kappa shape index (κ3) is 5.00. The molecule has 0 aliphatic carbocycles. The minimum atomic E-state index is -0.262. The number of carbonyl (C=O) groups excluding carboxylic acids is 1. The number of hydrogen-bond acceptors (Lipinski definition) is 4. The number of aromatic nitrogens is 1. The molecule has 0 saturated carbocycles. The van der Waals surface area contributed by atoms with Gasteiger partial charge in [0.25, 0.3) is 0 Å². The van der Waals surface area contributed by atoms with Crippen LogP contribution >= 0.6 is 22.9 Å². The molecule has 0 aliphatic rings. The van der Waals surface area contributed by atoms with Gasteiger partial charge in [-0.3, -0.25) is 0 Å². The standard InChI is InChI=1S/C14H16ClN3O2S/c1-20-9-12(10-2-4-11(15)5-3-10)18-14(19)17-8-13-16-6-7-21-13/h2-7,12H,8-9H2,1H3,(H2,17,18,19). The molecule has 0 saturated heterocycles. The molecule has 0 fully saturated rings. The summed E-state index contributed by atoms with van der Waals surface area (Å²) in [5.41, 5.74) is 0.936. The van der Waals surface area contributed by atoms with Crippen molar-refractivity contribution >= 4 is 29.0 Å². The summed E-state index contributed by atoms with van der Waals surface area (Å²) in [5, 5.41) is 9.03. The summed E-state index contributed by atoms with van der Waals surface area (Å²) in [6.07, 6.45) is 1.71. The monoisotopic (exact) mass is 325 g/mol. The van der Waals surface area contributed by atoms with Crippen LogP contribution in [0.15, 0.2) is 35.8 Å². The van der Waals surface area contributed by atoms with Gasteiger partial charge in [0.1, 0.15) is 5.01 Å². The molecular formula is C14H16ClN3O2S. The highest BCUT2D eigenvalue weighted by atomic mass is 35.5. The molecule has 2 N–H and O–H groups in total. The van der Waals surface area contributed by atoms with E-state index in [0.717, 1.165) is 10.6 Å². The van der Waals surface area contributed by atoms with Crippen molar-refractivity contribution in [2.45, 2.75) is 12.6 Å². The number of rotatable bonds is 6. The second kappa shape index (κ2) is 7.97. The fraction of sp³-hybridized carbons (Fsp3) is 0.286. The average molecular weight is 326 g/mol. The zero-order chi connectivity index (χ0) is 15.1. The van der Waals surface area contributed by atoms with E-state index in [2.05, 4.69) is 15.6 Å². The molecule has 0 radical (unpaired) electrons. The van der Waals surface area contributed by atoms with Gasteiger partial charge in [0.2, 0.25) is 0 Å². The van der Waals surface area contributed by atoms with E-state index in [9.17, 15) is 4.79 Å². The van der Waals surface area contributed by atoms with Crippen LogP contribution in [-0.2, 0) is 11.3 Å². The molecule has 21 heavy (non-hydrogen) atoms. The van der Waals surface area contributed by atoms with Crippen LogP contribution in [0.1, 0.15) is 16.6 Å². The molecule has 2 amide bonds. The van der Waals surface area contributed by atoms with Crippen LogP contribution in [0.4, 0.5) is 4.79 Å². The van der Waals surface area contributed by atoms with Crippen LogP contribution in [0.25, 0.3) is 0 Å². The molecule has 112 valence electrons. The number of benzene rings is 1. The highest BCUT2D eigenvalue weighted by Crippen LogP contribution is 2.16. The zero-order valence-electron chi connectivity index (χ0n) is 11.5. The second-order valence-electron chi connectivity index (χ2n) is 4.31. The largest absolute Gasteiger partial charge is 0.382 e. The van der Waals surface area contributed by atoms with Gasteiger partial charge >= 0.3 is 6.03 Å². The first-order chi connectivity index (χ1) is 10.2. The lowest BCUT2D eigenvalue weighted by Gasteiger charge is -2.18. The number of thiazole rings is 1. The number of ether oxygens (including phenoxy) is 1. The first kappa shape index (κ1) is 15.8. The molecule has 1 aromatic carbocycles. The Morgan fingerprint density at radius 3 is 2.81 bits per heavy atom. The fourth-order valence-corrected chi connectivity index (χ4v) is 2.47. The van der Waals surface area contributed by atoms with Crippen LogP contribution in [-0.4, -0.2) is 24.7 Å². The van der Waals surface area contributed by atoms with Crippen LogP contribution in [0.3, 0.4) is 0 Å². The zero-order valence-corrected chi connectivity index (χ0v) is 13.1. The molecule has 0 aliphatic heterocycles. The Bertz CT molecular complexity index is 560. The third-order valence-electron chi connectivity index (χ3n) is 2.79.